The van der Waals surface area contributed by atoms with Crippen LogP contribution in [0.15, 0.2) is 48.9 Å². The van der Waals surface area contributed by atoms with Gasteiger partial charge in [-0.3, -0.25) is 28.2 Å². The first-order chi connectivity index (χ1) is 16.0. The highest BCUT2D eigenvalue weighted by atomic mass is 31.2. The quantitative estimate of drug-likeness (QED) is 0.211. The molecule has 0 aliphatic carbocycles. The molecule has 4 unspecified atom stereocenters. The Labute approximate surface area is 201 Å². The molecule has 6 N–H and O–H groups in total. The van der Waals surface area contributed by atoms with E-state index in [1.165, 1.54) is 31.6 Å². The third-order valence-electron chi connectivity index (χ3n) is 4.36. The van der Waals surface area contributed by atoms with E-state index in [4.69, 9.17) is 9.79 Å². The Morgan fingerprint density at radius 2 is 1.43 bits per heavy atom. The van der Waals surface area contributed by atoms with Gasteiger partial charge in [-0.15, -0.1) is 0 Å². The average Bonchev–Trinajstić information content (AvgIpc) is 2.76. The van der Waals surface area contributed by atoms with E-state index in [0.29, 0.717) is 11.3 Å². The highest BCUT2D eigenvalue weighted by Crippen LogP contribution is 2.64. The molecule has 4 atom stereocenters. The lowest BCUT2D eigenvalue weighted by Crippen LogP contribution is -2.15. The molecular weight excluding hydrogens is 548 g/mol. The molecule has 0 aromatic carbocycles. The summed E-state index contributed by atoms with van der Waals surface area (Å²) in [6.45, 7) is 1.37. The molecule has 2 heterocycles. The Kier molecular flexibility index (Phi) is 12.3. The summed E-state index contributed by atoms with van der Waals surface area (Å²) in [4.78, 5) is 63.1. The van der Waals surface area contributed by atoms with Crippen LogP contribution in [0.5, 0.6) is 0 Å². The second-order valence-corrected chi connectivity index (χ2v) is 15.5. The first-order valence-electron chi connectivity index (χ1n) is 9.79. The highest BCUT2D eigenvalue weighted by molar-refractivity contribution is 7.71. The minimum Gasteiger partial charge on any atom is -0.324 e. The van der Waals surface area contributed by atoms with E-state index in [1.807, 2.05) is 0 Å². The number of hydrogen-bond donors (Lipinski definition) is 6. The van der Waals surface area contributed by atoms with Crippen molar-refractivity contribution in [2.75, 3.05) is 13.7 Å². The average molecular weight is 576 g/mol. The summed E-state index contributed by atoms with van der Waals surface area (Å²) in [7, 11) is -17.3. The van der Waals surface area contributed by atoms with Gasteiger partial charge in [-0.25, -0.2) is 0 Å². The second-order valence-electron chi connectivity index (χ2n) is 6.96. The lowest BCUT2D eigenvalue weighted by molar-refractivity contribution is 0.264. The maximum Gasteiger partial charge on any atom is 0.343 e. The fraction of sp³-hybridized carbons (Fsp3) is 0.412. The van der Waals surface area contributed by atoms with Crippen molar-refractivity contribution in [2.24, 2.45) is 0 Å². The van der Waals surface area contributed by atoms with Crippen LogP contribution in [0.3, 0.4) is 0 Å². The van der Waals surface area contributed by atoms with E-state index in [2.05, 4.69) is 19.0 Å². The van der Waals surface area contributed by atoms with Crippen molar-refractivity contribution in [1.29, 1.82) is 0 Å². The first-order valence-corrected chi connectivity index (χ1v) is 16.4. The summed E-state index contributed by atoms with van der Waals surface area (Å²) >= 11 is 0. The molecule has 0 saturated carbocycles. The molecule has 14 nitrogen and oxygen atoms in total. The maximum atomic E-state index is 11.8. The summed E-state index contributed by atoms with van der Waals surface area (Å²) in [5, 5.41) is -3.57. The molecule has 0 aliphatic heterocycles. The molecule has 2 aromatic rings. The highest BCUT2D eigenvalue weighted by Gasteiger charge is 2.46. The van der Waals surface area contributed by atoms with Gasteiger partial charge in [0.1, 0.15) is 0 Å². The molecular formula is C17H28N2O12P4. The van der Waals surface area contributed by atoms with Crippen molar-refractivity contribution in [3.8, 4) is 0 Å². The van der Waals surface area contributed by atoms with Crippen molar-refractivity contribution in [3.63, 3.8) is 0 Å². The Hall–Kier alpha value is -1.10. The van der Waals surface area contributed by atoms with Crippen LogP contribution in [-0.4, -0.2) is 63.8 Å². The molecule has 0 spiro atoms. The number of rotatable bonds is 11. The topological polar surface area (TPSA) is 234 Å². The molecule has 2 aromatic heterocycles. The monoisotopic (exact) mass is 576 g/mol. The summed E-state index contributed by atoms with van der Waals surface area (Å²) in [5.41, 5.74) is 0.770. The van der Waals surface area contributed by atoms with Gasteiger partial charge >= 0.3 is 30.4 Å². The van der Waals surface area contributed by atoms with Gasteiger partial charge in [-0.1, -0.05) is 12.1 Å². The van der Waals surface area contributed by atoms with Crippen LogP contribution in [0.25, 0.3) is 0 Å². The molecule has 0 saturated heterocycles. The smallest absolute Gasteiger partial charge is 0.324 e. The van der Waals surface area contributed by atoms with E-state index in [9.17, 15) is 37.8 Å². The third kappa shape index (κ3) is 10.8. The van der Waals surface area contributed by atoms with E-state index < -0.39 is 41.2 Å². The fourth-order valence-corrected chi connectivity index (χ4v) is 8.72. The van der Waals surface area contributed by atoms with Gasteiger partial charge in [0.15, 0.2) is 10.8 Å². The molecule has 0 radical (unpaired) electrons. The molecule has 35 heavy (non-hydrogen) atoms. The SMILES string of the molecule is CCOP(=O)(O)C(Cc1ccccn1)P(=O)(O)O.COP(=O)(O)C(Cc1cccnc1)P(=O)(O)O. The van der Waals surface area contributed by atoms with Crippen LogP contribution < -0.4 is 0 Å². The van der Waals surface area contributed by atoms with Crippen LogP contribution in [0.1, 0.15) is 18.2 Å². The minimum absolute atomic E-state index is 0.105. The molecule has 0 aliphatic rings. The van der Waals surface area contributed by atoms with Gasteiger partial charge in [-0.2, -0.15) is 0 Å². The third-order valence-corrected chi connectivity index (χ3v) is 12.9. The first kappa shape index (κ1) is 31.9. The molecule has 18 heteroatoms. The number of pyridine rings is 2. The second kappa shape index (κ2) is 13.4. The van der Waals surface area contributed by atoms with Gasteiger partial charge in [0, 0.05) is 37.8 Å². The molecule has 0 amide bonds. The number of hydrogen-bond acceptors (Lipinski definition) is 8. The molecule has 198 valence electrons. The Balaban J connectivity index is 0.000000351. The van der Waals surface area contributed by atoms with Crippen LogP contribution in [0.4, 0.5) is 0 Å². The van der Waals surface area contributed by atoms with Crippen molar-refractivity contribution >= 4 is 30.4 Å². The summed E-state index contributed by atoms with van der Waals surface area (Å²) in [5.74, 6) is 0. The largest absolute Gasteiger partial charge is 0.343 e. The zero-order chi connectivity index (χ0) is 26.9. The predicted octanol–water partition coefficient (Wildman–Crippen LogP) is 2.31. The van der Waals surface area contributed by atoms with Crippen LogP contribution >= 0.6 is 30.4 Å². The lowest BCUT2D eigenvalue weighted by Gasteiger charge is -2.22. The maximum absolute atomic E-state index is 11.8. The van der Waals surface area contributed by atoms with E-state index in [1.54, 1.807) is 24.3 Å². The number of nitrogens with zero attached hydrogens (tertiary/aromatic N) is 2. The van der Waals surface area contributed by atoms with E-state index in [-0.39, 0.29) is 19.4 Å². The van der Waals surface area contributed by atoms with Crippen LogP contribution in [0, 0.1) is 0 Å². The van der Waals surface area contributed by atoms with E-state index in [0.717, 1.165) is 7.11 Å². The van der Waals surface area contributed by atoms with Gasteiger partial charge in [0.25, 0.3) is 0 Å². The van der Waals surface area contributed by atoms with Gasteiger partial charge in [0.2, 0.25) is 0 Å². The molecule has 0 bridgehead atoms. The van der Waals surface area contributed by atoms with Gasteiger partial charge in [0.05, 0.1) is 6.61 Å². The summed E-state index contributed by atoms with van der Waals surface area (Å²) in [6, 6.07) is 7.92. The van der Waals surface area contributed by atoms with Crippen molar-refractivity contribution in [2.45, 2.75) is 30.6 Å². The normalized spacial score (nSPS) is 17.3. The van der Waals surface area contributed by atoms with Crippen LogP contribution in [0.2, 0.25) is 0 Å². The summed E-state index contributed by atoms with van der Waals surface area (Å²) < 4.78 is 54.7. The zero-order valence-electron chi connectivity index (χ0n) is 18.7. The Bertz CT molecular complexity index is 1110. The van der Waals surface area contributed by atoms with Crippen molar-refractivity contribution in [3.05, 3.63) is 60.2 Å². The van der Waals surface area contributed by atoms with Crippen LogP contribution in [-0.2, 0) is 40.1 Å². The van der Waals surface area contributed by atoms with Gasteiger partial charge in [-0.05, 0) is 37.1 Å². The van der Waals surface area contributed by atoms with E-state index >= 15 is 0 Å². The zero-order valence-corrected chi connectivity index (χ0v) is 22.3. The standard InChI is InChI=1S/C9H15NO6P2.C8H13NO6P2/c1-2-16-18(14,15)9(17(11,12)13)7-8-5-3-4-6-10-8;1-15-17(13,14)8(16(10,11)12)5-7-3-2-4-9-6-7/h3-6,9H,2,7H2,1H3,(H,14,15)(H2,11,12,13);2-4,6,8H,5H2,1H3,(H,13,14)(H2,10,11,12). The minimum atomic E-state index is -4.77. The predicted molar refractivity (Wildman–Crippen MR) is 126 cm³/mol. The summed E-state index contributed by atoms with van der Waals surface area (Å²) in [6.07, 6.45) is 3.71. The Morgan fingerprint density at radius 3 is 1.86 bits per heavy atom. The fourth-order valence-electron chi connectivity index (χ4n) is 2.68. The van der Waals surface area contributed by atoms with Crippen molar-refractivity contribution < 1.29 is 56.7 Å². The van der Waals surface area contributed by atoms with Gasteiger partial charge < -0.3 is 38.4 Å². The van der Waals surface area contributed by atoms with Crippen molar-refractivity contribution in [1.82, 2.24) is 9.97 Å². The number of aromatic nitrogens is 2. The molecule has 2 rings (SSSR count). The Morgan fingerprint density at radius 1 is 0.829 bits per heavy atom. The lowest BCUT2D eigenvalue weighted by atomic mass is 10.2. The molecule has 0 fully saturated rings.